The Morgan fingerprint density at radius 2 is 2.11 bits per heavy atom. The number of aromatic nitrogens is 2. The number of nitrogens with zero attached hydrogens (tertiary/aromatic N) is 3. The lowest BCUT2D eigenvalue weighted by molar-refractivity contribution is 0.631. The molecule has 2 heterocycles. The smallest absolute Gasteiger partial charge is 0.112 e. The number of rotatable bonds is 4. The van der Waals surface area contributed by atoms with Crippen LogP contribution in [0.3, 0.4) is 0 Å². The summed E-state index contributed by atoms with van der Waals surface area (Å²) < 4.78 is 0.964. The summed E-state index contributed by atoms with van der Waals surface area (Å²) in [5, 5.41) is 0. The van der Waals surface area contributed by atoms with Crippen LogP contribution in [-0.2, 0) is 0 Å². The van der Waals surface area contributed by atoms with E-state index in [1.54, 1.807) is 0 Å². The molecule has 0 aromatic carbocycles. The topological polar surface area (TPSA) is 29.0 Å². The summed E-state index contributed by atoms with van der Waals surface area (Å²) in [6.45, 7) is 7.61. The average Bonchev–Trinajstić information content (AvgIpc) is 2.39. The first-order chi connectivity index (χ1) is 8.67. The molecule has 4 heteroatoms. The van der Waals surface area contributed by atoms with Crippen LogP contribution in [0.15, 0.2) is 29.0 Å². The zero-order chi connectivity index (χ0) is 13.1. The Morgan fingerprint density at radius 1 is 1.33 bits per heavy atom. The molecule has 18 heavy (non-hydrogen) atoms. The van der Waals surface area contributed by atoms with E-state index in [4.69, 9.17) is 0 Å². The van der Waals surface area contributed by atoms with Gasteiger partial charge in [-0.1, -0.05) is 6.92 Å². The van der Waals surface area contributed by atoms with Gasteiger partial charge < -0.3 is 4.90 Å². The van der Waals surface area contributed by atoms with Crippen LogP contribution in [-0.4, -0.2) is 22.6 Å². The lowest BCUT2D eigenvalue weighted by Crippen LogP contribution is -2.32. The molecule has 1 unspecified atom stereocenters. The van der Waals surface area contributed by atoms with Gasteiger partial charge in [-0.25, -0.2) is 0 Å². The number of fused-ring (bicyclic) bond motifs is 1. The van der Waals surface area contributed by atoms with Crippen LogP contribution in [0.4, 0.5) is 5.69 Å². The monoisotopic (exact) mass is 307 g/mol. The Labute approximate surface area is 116 Å². The molecule has 0 amide bonds. The second-order valence-electron chi connectivity index (χ2n) is 4.39. The van der Waals surface area contributed by atoms with Crippen LogP contribution in [0.25, 0.3) is 11.0 Å². The van der Waals surface area contributed by atoms with Gasteiger partial charge in [0.1, 0.15) is 5.52 Å². The molecular formula is C14H18BrN3. The van der Waals surface area contributed by atoms with Crippen LogP contribution < -0.4 is 4.90 Å². The van der Waals surface area contributed by atoms with Gasteiger partial charge in [0, 0.05) is 29.5 Å². The molecule has 0 aliphatic carbocycles. The lowest BCUT2D eigenvalue weighted by Gasteiger charge is -2.29. The van der Waals surface area contributed by atoms with Gasteiger partial charge in [0.15, 0.2) is 0 Å². The van der Waals surface area contributed by atoms with Gasteiger partial charge in [0.25, 0.3) is 0 Å². The van der Waals surface area contributed by atoms with Gasteiger partial charge in [-0.2, -0.15) is 0 Å². The first kappa shape index (κ1) is 13.3. The zero-order valence-corrected chi connectivity index (χ0v) is 12.6. The molecule has 96 valence electrons. The van der Waals surface area contributed by atoms with Crippen molar-refractivity contribution in [3.8, 4) is 0 Å². The summed E-state index contributed by atoms with van der Waals surface area (Å²) in [6, 6.07) is 4.57. The number of hydrogen-bond donors (Lipinski definition) is 0. The van der Waals surface area contributed by atoms with Crippen LogP contribution in [0.2, 0.25) is 0 Å². The lowest BCUT2D eigenvalue weighted by atomic mass is 10.1. The summed E-state index contributed by atoms with van der Waals surface area (Å²) in [6.07, 6.45) is 4.81. The second-order valence-corrected chi connectivity index (χ2v) is 5.31. The molecule has 2 rings (SSSR count). The number of halogens is 1. The molecule has 0 aliphatic rings. The predicted molar refractivity (Wildman–Crippen MR) is 80.0 cm³/mol. The molecule has 3 nitrogen and oxygen atoms in total. The summed E-state index contributed by atoms with van der Waals surface area (Å²) in [4.78, 5) is 11.3. The van der Waals surface area contributed by atoms with E-state index in [2.05, 4.69) is 57.6 Å². The maximum absolute atomic E-state index is 4.52. The minimum atomic E-state index is 0.506. The number of hydrogen-bond acceptors (Lipinski definition) is 3. The molecule has 0 bridgehead atoms. The van der Waals surface area contributed by atoms with Crippen molar-refractivity contribution >= 4 is 32.7 Å². The van der Waals surface area contributed by atoms with E-state index >= 15 is 0 Å². The summed E-state index contributed by atoms with van der Waals surface area (Å²) in [5.74, 6) is 0. The normalized spacial score (nSPS) is 12.7. The molecule has 0 saturated carbocycles. The van der Waals surface area contributed by atoms with E-state index in [0.29, 0.717) is 6.04 Å². The van der Waals surface area contributed by atoms with E-state index < -0.39 is 0 Å². The van der Waals surface area contributed by atoms with Crippen molar-refractivity contribution in [2.24, 2.45) is 0 Å². The summed E-state index contributed by atoms with van der Waals surface area (Å²) in [7, 11) is 0. The van der Waals surface area contributed by atoms with Crippen molar-refractivity contribution in [2.45, 2.75) is 33.2 Å². The van der Waals surface area contributed by atoms with Gasteiger partial charge in [-0.15, -0.1) is 0 Å². The largest absolute Gasteiger partial charge is 0.367 e. The molecule has 2 aromatic heterocycles. The van der Waals surface area contributed by atoms with Crippen molar-refractivity contribution in [1.29, 1.82) is 0 Å². The molecule has 0 aliphatic heterocycles. The zero-order valence-electron chi connectivity index (χ0n) is 11.0. The fourth-order valence-electron chi connectivity index (χ4n) is 2.16. The quantitative estimate of drug-likeness (QED) is 0.854. The van der Waals surface area contributed by atoms with Gasteiger partial charge in [-0.3, -0.25) is 9.97 Å². The maximum Gasteiger partial charge on any atom is 0.112 e. The Morgan fingerprint density at radius 3 is 2.78 bits per heavy atom. The van der Waals surface area contributed by atoms with Crippen molar-refractivity contribution in [3.05, 3.63) is 29.0 Å². The highest BCUT2D eigenvalue weighted by Crippen LogP contribution is 2.27. The second kappa shape index (κ2) is 5.65. The fourth-order valence-corrected chi connectivity index (χ4v) is 2.48. The minimum Gasteiger partial charge on any atom is -0.367 e. The highest BCUT2D eigenvalue weighted by atomic mass is 79.9. The summed E-state index contributed by atoms with van der Waals surface area (Å²) >= 11 is 3.44. The van der Waals surface area contributed by atoms with Gasteiger partial charge in [0.2, 0.25) is 0 Å². The Balaban J connectivity index is 2.56. The van der Waals surface area contributed by atoms with Crippen molar-refractivity contribution in [2.75, 3.05) is 11.4 Å². The third kappa shape index (κ3) is 2.48. The highest BCUT2D eigenvalue weighted by Gasteiger charge is 2.14. The van der Waals surface area contributed by atoms with Crippen LogP contribution in [0, 0.1) is 0 Å². The van der Waals surface area contributed by atoms with Crippen LogP contribution in [0.5, 0.6) is 0 Å². The van der Waals surface area contributed by atoms with E-state index in [0.717, 1.165) is 28.5 Å². The molecule has 2 aromatic rings. The molecule has 1 atom stereocenters. The van der Waals surface area contributed by atoms with E-state index in [-0.39, 0.29) is 0 Å². The van der Waals surface area contributed by atoms with Crippen LogP contribution in [0.1, 0.15) is 27.2 Å². The molecular weight excluding hydrogens is 290 g/mol. The molecule has 0 fully saturated rings. The SMILES string of the molecule is CCC(C)N(CC)c1ccnc2cc(Br)cnc12. The first-order valence-electron chi connectivity index (χ1n) is 6.34. The maximum atomic E-state index is 4.52. The van der Waals surface area contributed by atoms with Crippen LogP contribution >= 0.6 is 15.9 Å². The van der Waals surface area contributed by atoms with Gasteiger partial charge in [0.05, 0.1) is 11.2 Å². The average molecular weight is 308 g/mol. The van der Waals surface area contributed by atoms with E-state index in [1.165, 1.54) is 5.69 Å². The fraction of sp³-hybridized carbons (Fsp3) is 0.429. The molecule has 0 spiro atoms. The third-order valence-electron chi connectivity index (χ3n) is 3.30. The minimum absolute atomic E-state index is 0.506. The standard InChI is InChI=1S/C14H18BrN3/c1-4-10(3)18(5-2)13-6-7-16-12-8-11(15)9-17-14(12)13/h6-10H,4-5H2,1-3H3. The van der Waals surface area contributed by atoms with E-state index in [1.807, 2.05) is 18.5 Å². The number of pyridine rings is 2. The van der Waals surface area contributed by atoms with Crippen molar-refractivity contribution < 1.29 is 0 Å². The van der Waals surface area contributed by atoms with Gasteiger partial charge in [-0.05, 0) is 48.3 Å². The summed E-state index contributed by atoms with van der Waals surface area (Å²) in [5.41, 5.74) is 3.08. The van der Waals surface area contributed by atoms with E-state index in [9.17, 15) is 0 Å². The molecule has 0 N–H and O–H groups in total. The Kier molecular flexibility index (Phi) is 4.17. The molecule has 0 saturated heterocycles. The first-order valence-corrected chi connectivity index (χ1v) is 7.13. The third-order valence-corrected chi connectivity index (χ3v) is 3.73. The molecule has 0 radical (unpaired) electrons. The van der Waals surface area contributed by atoms with Crippen molar-refractivity contribution in [3.63, 3.8) is 0 Å². The Bertz CT molecular complexity index is 542. The highest BCUT2D eigenvalue weighted by molar-refractivity contribution is 9.10. The number of anilines is 1. The van der Waals surface area contributed by atoms with Gasteiger partial charge >= 0.3 is 0 Å². The Hall–Kier alpha value is -1.16. The predicted octanol–water partition coefficient (Wildman–Crippen LogP) is 4.02. The van der Waals surface area contributed by atoms with Crippen molar-refractivity contribution in [1.82, 2.24) is 9.97 Å².